The van der Waals surface area contributed by atoms with E-state index in [0.29, 0.717) is 20.0 Å². The molecule has 0 N–H and O–H groups in total. The van der Waals surface area contributed by atoms with Gasteiger partial charge < -0.3 is 0 Å². The maximum absolute atomic E-state index is 5.43. The number of hydrogen-bond acceptors (Lipinski definition) is 4. The van der Waals surface area contributed by atoms with Crippen molar-refractivity contribution < 1.29 is 14.0 Å². The molecule has 1 fully saturated rings. The van der Waals surface area contributed by atoms with E-state index >= 15 is 0 Å². The second-order valence-corrected chi connectivity index (χ2v) is 15.0. The van der Waals surface area contributed by atoms with Gasteiger partial charge in [-0.05, 0) is 0 Å². The molecule has 0 spiro atoms. The van der Waals surface area contributed by atoms with Gasteiger partial charge in [0, 0.05) is 0 Å². The third-order valence-electron chi connectivity index (χ3n) is 1.08. The van der Waals surface area contributed by atoms with E-state index in [2.05, 4.69) is 0 Å². The zero-order valence-corrected chi connectivity index (χ0v) is 13.9. The van der Waals surface area contributed by atoms with Crippen LogP contribution in [0, 0.1) is 0 Å². The Balaban J connectivity index is 2.00. The third-order valence-corrected chi connectivity index (χ3v) is 13.7. The average molecular weight is 362 g/mol. The minimum absolute atomic E-state index is 0.416. The van der Waals surface area contributed by atoms with Crippen LogP contribution in [-0.2, 0) is 14.0 Å². The molecule has 1 aliphatic rings. The molecule has 4 nitrogen and oxygen atoms in total. The number of ether oxygens (including phenoxy) is 2. The van der Waals surface area contributed by atoms with Crippen molar-refractivity contribution in [2.45, 2.75) is 0 Å². The molecule has 1 saturated heterocycles. The molecule has 1 aliphatic heterocycles. The van der Waals surface area contributed by atoms with E-state index in [1.54, 1.807) is 0 Å². The van der Waals surface area contributed by atoms with Crippen LogP contribution in [0.15, 0.2) is 0 Å². The van der Waals surface area contributed by atoms with Gasteiger partial charge >= 0.3 is 82.1 Å². The average Bonchev–Trinajstić information content (AvgIpc) is 2.01. The fourth-order valence-corrected chi connectivity index (χ4v) is 9.71. The predicted octanol–water partition coefficient (Wildman–Crippen LogP) is -1.94. The summed E-state index contributed by atoms with van der Waals surface area (Å²) >= 11 is -2.18. The summed E-state index contributed by atoms with van der Waals surface area (Å²) in [5.41, 5.74) is 0. The molecule has 0 unspecified atom stereocenters. The molecule has 0 bridgehead atoms. The van der Waals surface area contributed by atoms with Crippen molar-refractivity contribution in [1.29, 1.82) is 0 Å². The molecule has 10 heavy (non-hydrogen) atoms. The Bertz CT molecular complexity index is 48.4. The third kappa shape index (κ3) is 5.14. The molecule has 1 rings (SSSR count). The molecular formula is C4H12O4Sn2. The molecule has 0 aromatic carbocycles. The second-order valence-electron chi connectivity index (χ2n) is 1.87. The second kappa shape index (κ2) is 7.11. The van der Waals surface area contributed by atoms with Crippen LogP contribution >= 0.6 is 0 Å². The van der Waals surface area contributed by atoms with Gasteiger partial charge in [-0.2, -0.15) is 0 Å². The van der Waals surface area contributed by atoms with E-state index in [1.165, 1.54) is 0 Å². The van der Waals surface area contributed by atoms with E-state index < -0.39 is 43.5 Å². The summed E-state index contributed by atoms with van der Waals surface area (Å²) in [5, 5.41) is 0. The van der Waals surface area contributed by atoms with Crippen LogP contribution in [0.1, 0.15) is 0 Å². The summed E-state index contributed by atoms with van der Waals surface area (Å²) in [6, 6.07) is 0. The van der Waals surface area contributed by atoms with Crippen molar-refractivity contribution >= 4 is 43.5 Å². The Morgan fingerprint density at radius 3 is 3.10 bits per heavy atom. The molecule has 0 aromatic heterocycles. The van der Waals surface area contributed by atoms with Crippen molar-refractivity contribution in [3.05, 3.63) is 0 Å². The standard InChI is InChI=1S/C4H8O3.O.2Sn.4H/c1-6-4-7-3-2-5;;;;;;;/h1-4H2;;;;;;;/q-1;;;+1;;;;. The van der Waals surface area contributed by atoms with E-state index in [-0.39, 0.29) is 0 Å². The summed E-state index contributed by atoms with van der Waals surface area (Å²) in [5.74, 6) is 0. The topological polar surface area (TPSA) is 36.9 Å². The normalized spacial score (nSPS) is 28.8. The molecule has 60 valence electrons. The first kappa shape index (κ1) is 9.52. The molecule has 0 aliphatic carbocycles. The van der Waals surface area contributed by atoms with E-state index in [9.17, 15) is 0 Å². The first-order chi connectivity index (χ1) is 5.00. The molecule has 0 amide bonds. The summed E-state index contributed by atoms with van der Waals surface area (Å²) in [6.07, 6.45) is 0. The van der Waals surface area contributed by atoms with Crippen LogP contribution in [0.5, 0.6) is 0 Å². The zero-order valence-electron chi connectivity index (χ0n) is 5.88. The van der Waals surface area contributed by atoms with Crippen LogP contribution in [0.4, 0.5) is 0 Å². The monoisotopic (exact) mass is 364 g/mol. The van der Waals surface area contributed by atoms with E-state index in [4.69, 9.17) is 14.0 Å². The van der Waals surface area contributed by atoms with Gasteiger partial charge in [0.15, 0.2) is 0 Å². The van der Waals surface area contributed by atoms with Crippen molar-refractivity contribution in [2.75, 3.05) is 24.6 Å². The van der Waals surface area contributed by atoms with Crippen molar-refractivity contribution in [1.82, 2.24) is 0 Å². The molecular weight excluding hydrogens is 349 g/mol. The molecule has 0 aromatic rings. The minimum atomic E-state index is -1.21. The quantitative estimate of drug-likeness (QED) is 0.471. The zero-order chi connectivity index (χ0) is 7.07. The van der Waals surface area contributed by atoms with Crippen molar-refractivity contribution in [3.8, 4) is 0 Å². The summed E-state index contributed by atoms with van der Waals surface area (Å²) in [6.45, 7) is 1.76. The van der Waals surface area contributed by atoms with Gasteiger partial charge in [-0.1, -0.05) is 0 Å². The summed E-state index contributed by atoms with van der Waals surface area (Å²) < 4.78 is 21.7. The summed E-state index contributed by atoms with van der Waals surface area (Å²) in [7, 11) is 0. The molecule has 0 atom stereocenters. The van der Waals surface area contributed by atoms with Gasteiger partial charge in [0.25, 0.3) is 0 Å². The SMILES string of the molecule is C1C[O][SnH2][O][SnH2][CH2]OCO1. The van der Waals surface area contributed by atoms with Gasteiger partial charge in [0.2, 0.25) is 0 Å². The first-order valence-electron chi connectivity index (χ1n) is 3.31. The summed E-state index contributed by atoms with van der Waals surface area (Å²) in [4.78, 5) is 0. The number of hydrogen-bond donors (Lipinski definition) is 0. The Hall–Kier alpha value is 1.44. The van der Waals surface area contributed by atoms with Gasteiger partial charge in [-0.3, -0.25) is 0 Å². The van der Waals surface area contributed by atoms with Crippen LogP contribution in [0.3, 0.4) is 0 Å². The Morgan fingerprint density at radius 2 is 2.10 bits per heavy atom. The van der Waals surface area contributed by atoms with Gasteiger partial charge in [-0.15, -0.1) is 0 Å². The Labute approximate surface area is 81.6 Å². The maximum atomic E-state index is 5.43. The van der Waals surface area contributed by atoms with Crippen LogP contribution in [0.2, 0.25) is 0 Å². The predicted molar refractivity (Wildman–Crippen MR) is 40.9 cm³/mol. The van der Waals surface area contributed by atoms with Gasteiger partial charge in [-0.25, -0.2) is 0 Å². The number of rotatable bonds is 0. The van der Waals surface area contributed by atoms with E-state index in [0.717, 1.165) is 4.62 Å². The van der Waals surface area contributed by atoms with Crippen molar-refractivity contribution in [3.63, 3.8) is 0 Å². The van der Waals surface area contributed by atoms with Crippen LogP contribution < -0.4 is 0 Å². The Morgan fingerprint density at radius 1 is 1.10 bits per heavy atom. The fraction of sp³-hybridized carbons (Fsp3) is 1.00. The first-order valence-corrected chi connectivity index (χ1v) is 11.1. The fourth-order valence-electron chi connectivity index (χ4n) is 0.589. The molecule has 1 heterocycles. The molecule has 0 saturated carbocycles. The Kier molecular flexibility index (Phi) is 6.77. The van der Waals surface area contributed by atoms with Crippen LogP contribution in [-0.4, -0.2) is 68.2 Å². The van der Waals surface area contributed by atoms with Gasteiger partial charge in [0.05, 0.1) is 0 Å². The van der Waals surface area contributed by atoms with Crippen molar-refractivity contribution in [2.24, 2.45) is 0 Å². The molecule has 6 heteroatoms. The molecule has 0 radical (unpaired) electrons. The van der Waals surface area contributed by atoms with Gasteiger partial charge in [0.1, 0.15) is 0 Å². The van der Waals surface area contributed by atoms with E-state index in [1.807, 2.05) is 0 Å². The van der Waals surface area contributed by atoms with Crippen LogP contribution in [0.25, 0.3) is 0 Å².